The zero-order valence-corrected chi connectivity index (χ0v) is 17.0. The maximum atomic E-state index is 12.8. The predicted octanol–water partition coefficient (Wildman–Crippen LogP) is 3.20. The Morgan fingerprint density at radius 3 is 2.61 bits per heavy atom. The van der Waals surface area contributed by atoms with E-state index in [4.69, 9.17) is 11.6 Å². The summed E-state index contributed by atoms with van der Waals surface area (Å²) < 4.78 is 0. The summed E-state index contributed by atoms with van der Waals surface area (Å²) in [6.45, 7) is 5.69. The van der Waals surface area contributed by atoms with Crippen molar-refractivity contribution in [1.82, 2.24) is 15.1 Å². The Bertz CT molecular complexity index is 779. The summed E-state index contributed by atoms with van der Waals surface area (Å²) in [5.41, 5.74) is 1.74. The van der Waals surface area contributed by atoms with E-state index >= 15 is 0 Å². The van der Waals surface area contributed by atoms with E-state index in [0.717, 1.165) is 44.7 Å². The first-order chi connectivity index (χ1) is 13.5. The van der Waals surface area contributed by atoms with E-state index in [1.165, 1.54) is 0 Å². The molecule has 1 aliphatic heterocycles. The molecule has 2 aromatic rings. The zero-order valence-electron chi connectivity index (χ0n) is 16.3. The lowest BCUT2D eigenvalue weighted by atomic mass is 9.94. The second-order valence-electron chi connectivity index (χ2n) is 7.34. The first-order valence-electron chi connectivity index (χ1n) is 9.76. The lowest BCUT2D eigenvalue weighted by molar-refractivity contribution is 0.0782. The van der Waals surface area contributed by atoms with Gasteiger partial charge in [-0.05, 0) is 42.8 Å². The maximum Gasteiger partial charge on any atom is 0.253 e. The van der Waals surface area contributed by atoms with Crippen LogP contribution < -0.4 is 5.32 Å². The van der Waals surface area contributed by atoms with Gasteiger partial charge in [0.05, 0.1) is 5.02 Å². The van der Waals surface area contributed by atoms with Crippen molar-refractivity contribution in [3.8, 4) is 5.75 Å². The van der Waals surface area contributed by atoms with Gasteiger partial charge in [-0.15, -0.1) is 0 Å². The summed E-state index contributed by atoms with van der Waals surface area (Å²) in [7, 11) is 1.84. The van der Waals surface area contributed by atoms with Crippen molar-refractivity contribution in [3.05, 3.63) is 64.7 Å². The molecule has 0 spiro atoms. The van der Waals surface area contributed by atoms with Crippen LogP contribution in [-0.4, -0.2) is 67.1 Å². The van der Waals surface area contributed by atoms with Gasteiger partial charge < -0.3 is 20.2 Å². The molecule has 0 aromatic heterocycles. The fourth-order valence-electron chi connectivity index (χ4n) is 3.63. The highest BCUT2D eigenvalue weighted by Crippen LogP contribution is 2.30. The van der Waals surface area contributed by atoms with Crippen molar-refractivity contribution in [2.24, 2.45) is 0 Å². The van der Waals surface area contributed by atoms with Crippen LogP contribution >= 0.6 is 11.6 Å². The normalized spacial score (nSPS) is 15.9. The fraction of sp³-hybridized carbons (Fsp3) is 0.409. The fourth-order valence-corrected chi connectivity index (χ4v) is 3.82. The highest BCUT2D eigenvalue weighted by molar-refractivity contribution is 6.32. The van der Waals surface area contributed by atoms with Crippen LogP contribution in [0, 0.1) is 0 Å². The molecule has 0 aliphatic carbocycles. The van der Waals surface area contributed by atoms with E-state index in [-0.39, 0.29) is 17.6 Å². The van der Waals surface area contributed by atoms with Crippen LogP contribution in [-0.2, 0) is 0 Å². The number of rotatable bonds is 7. The van der Waals surface area contributed by atoms with Crippen LogP contribution in [0.5, 0.6) is 5.75 Å². The Balaban J connectivity index is 1.72. The summed E-state index contributed by atoms with van der Waals surface area (Å²) in [5, 5.41) is 13.5. The van der Waals surface area contributed by atoms with E-state index in [1.54, 1.807) is 11.0 Å². The van der Waals surface area contributed by atoms with Crippen LogP contribution in [0.2, 0.25) is 5.02 Å². The Morgan fingerprint density at radius 2 is 1.93 bits per heavy atom. The molecular weight excluding hydrogens is 374 g/mol. The largest absolute Gasteiger partial charge is 0.506 e. The lowest BCUT2D eigenvalue weighted by Crippen LogP contribution is -2.44. The van der Waals surface area contributed by atoms with Gasteiger partial charge in [-0.2, -0.15) is 0 Å². The molecular formula is C22H28ClN3O2. The monoisotopic (exact) mass is 401 g/mol. The number of phenolic OH excluding ortho intramolecular Hbond substituents is 1. The number of phenols is 1. The highest BCUT2D eigenvalue weighted by Gasteiger charge is 2.21. The molecule has 2 aromatic carbocycles. The summed E-state index contributed by atoms with van der Waals surface area (Å²) in [4.78, 5) is 17.0. The molecule has 0 saturated carbocycles. The number of likely N-dealkylation sites (N-methyl/N-ethyl adjacent to an activating group) is 1. The highest BCUT2D eigenvalue weighted by atomic mass is 35.5. The van der Waals surface area contributed by atoms with Gasteiger partial charge in [0.15, 0.2) is 0 Å². The Hall–Kier alpha value is -2.08. The van der Waals surface area contributed by atoms with Gasteiger partial charge in [-0.1, -0.05) is 35.9 Å². The molecule has 2 N–H and O–H groups in total. The molecule has 1 aliphatic rings. The lowest BCUT2D eigenvalue weighted by Gasteiger charge is -2.30. The number of hydrogen-bond donors (Lipinski definition) is 2. The number of halogens is 1. The van der Waals surface area contributed by atoms with Gasteiger partial charge in [-0.3, -0.25) is 4.79 Å². The number of carbonyl (C=O) groups is 1. The maximum absolute atomic E-state index is 12.8. The van der Waals surface area contributed by atoms with Crippen LogP contribution in [0.3, 0.4) is 0 Å². The number of piperazine rings is 1. The molecule has 0 radical (unpaired) electrons. The topological polar surface area (TPSA) is 55.8 Å². The number of nitrogens with one attached hydrogen (secondary N) is 1. The molecule has 6 heteroatoms. The van der Waals surface area contributed by atoms with Crippen molar-refractivity contribution < 1.29 is 9.90 Å². The smallest absolute Gasteiger partial charge is 0.253 e. The van der Waals surface area contributed by atoms with Crippen molar-refractivity contribution in [1.29, 1.82) is 0 Å². The third-order valence-electron chi connectivity index (χ3n) is 5.31. The molecule has 28 heavy (non-hydrogen) atoms. The van der Waals surface area contributed by atoms with Crippen LogP contribution in [0.4, 0.5) is 0 Å². The first-order valence-corrected chi connectivity index (χ1v) is 10.1. The molecule has 0 bridgehead atoms. The van der Waals surface area contributed by atoms with Gasteiger partial charge in [0.1, 0.15) is 5.75 Å². The summed E-state index contributed by atoms with van der Waals surface area (Å²) in [6.07, 6.45) is 0.924. The Morgan fingerprint density at radius 1 is 1.21 bits per heavy atom. The number of carbonyl (C=O) groups excluding carboxylic acids is 1. The van der Waals surface area contributed by atoms with E-state index < -0.39 is 0 Å². The van der Waals surface area contributed by atoms with Gasteiger partial charge in [0, 0.05) is 51.3 Å². The Kier molecular flexibility index (Phi) is 7.31. The number of benzene rings is 2. The average Bonchev–Trinajstić information content (AvgIpc) is 2.73. The van der Waals surface area contributed by atoms with Gasteiger partial charge in [-0.25, -0.2) is 0 Å². The number of aromatic hydroxyl groups is 1. The molecule has 1 atom stereocenters. The minimum atomic E-state index is 0.0117. The summed E-state index contributed by atoms with van der Waals surface area (Å²) in [5.74, 6) is 0.239. The van der Waals surface area contributed by atoms with Crippen molar-refractivity contribution in [2.45, 2.75) is 12.3 Å². The van der Waals surface area contributed by atoms with Crippen LogP contribution in [0.1, 0.15) is 28.3 Å². The standard InChI is InChI=1S/C22H28ClN3O2/c1-25(22(28)17-5-3-2-4-6-17)16-19(9-12-26-13-10-24-11-14-26)18-7-8-21(27)20(23)15-18/h2-8,15,19,24,27H,9-14,16H2,1H3. The van der Waals surface area contributed by atoms with Crippen LogP contribution in [0.25, 0.3) is 0 Å². The van der Waals surface area contributed by atoms with Gasteiger partial charge in [0.25, 0.3) is 5.91 Å². The predicted molar refractivity (Wildman–Crippen MR) is 113 cm³/mol. The minimum absolute atomic E-state index is 0.0117. The number of hydrogen-bond acceptors (Lipinski definition) is 4. The molecule has 1 amide bonds. The molecule has 1 unspecified atom stereocenters. The van der Waals surface area contributed by atoms with Crippen molar-refractivity contribution in [3.63, 3.8) is 0 Å². The quantitative estimate of drug-likeness (QED) is 0.748. The summed E-state index contributed by atoms with van der Waals surface area (Å²) in [6, 6.07) is 14.7. The SMILES string of the molecule is CN(CC(CCN1CCNCC1)c1ccc(O)c(Cl)c1)C(=O)c1ccccc1. The molecule has 150 valence electrons. The second kappa shape index (κ2) is 9.92. The molecule has 5 nitrogen and oxygen atoms in total. The molecule has 1 fully saturated rings. The third-order valence-corrected chi connectivity index (χ3v) is 5.61. The molecule has 1 heterocycles. The van der Waals surface area contributed by atoms with E-state index in [9.17, 15) is 9.90 Å². The van der Waals surface area contributed by atoms with Gasteiger partial charge >= 0.3 is 0 Å². The molecule has 1 saturated heterocycles. The zero-order chi connectivity index (χ0) is 19.9. The van der Waals surface area contributed by atoms with E-state index in [0.29, 0.717) is 17.1 Å². The number of nitrogens with zero attached hydrogens (tertiary/aromatic N) is 2. The number of amides is 1. The molecule has 3 rings (SSSR count). The van der Waals surface area contributed by atoms with Gasteiger partial charge in [0.2, 0.25) is 0 Å². The van der Waals surface area contributed by atoms with Crippen molar-refractivity contribution in [2.75, 3.05) is 46.3 Å². The summed E-state index contributed by atoms with van der Waals surface area (Å²) >= 11 is 6.15. The second-order valence-corrected chi connectivity index (χ2v) is 7.75. The third kappa shape index (κ3) is 5.47. The minimum Gasteiger partial charge on any atom is -0.506 e. The van der Waals surface area contributed by atoms with Crippen molar-refractivity contribution >= 4 is 17.5 Å². The van der Waals surface area contributed by atoms with E-state index in [2.05, 4.69) is 10.2 Å². The van der Waals surface area contributed by atoms with Crippen LogP contribution in [0.15, 0.2) is 48.5 Å². The average molecular weight is 402 g/mol. The Labute approximate surface area is 171 Å². The van der Waals surface area contributed by atoms with E-state index in [1.807, 2.05) is 49.5 Å². The first kappa shape index (κ1) is 20.6.